The zero-order valence-corrected chi connectivity index (χ0v) is 25.4. The molecule has 0 N–H and O–H groups in total. The van der Waals surface area contributed by atoms with E-state index < -0.39 is 147 Å². The lowest BCUT2D eigenvalue weighted by atomic mass is 9.85. The molecule has 0 fully saturated rings. The van der Waals surface area contributed by atoms with E-state index in [9.17, 15) is 11.0 Å². The van der Waals surface area contributed by atoms with E-state index >= 15 is 0 Å². The Morgan fingerprint density at radius 1 is 0.367 bits per heavy atom. The summed E-state index contributed by atoms with van der Waals surface area (Å²) in [4.78, 5) is 0. The van der Waals surface area contributed by atoms with Crippen LogP contribution in [0.4, 0.5) is 0 Å². The lowest BCUT2D eigenvalue weighted by Crippen LogP contribution is -1.90. The van der Waals surface area contributed by atoms with Crippen LogP contribution in [0.15, 0.2) is 186 Å². The summed E-state index contributed by atoms with van der Waals surface area (Å²) in [6, 6.07) is 11.5. The minimum absolute atomic E-state index is 0.147. The highest BCUT2D eigenvalue weighted by Crippen LogP contribution is 2.44. The van der Waals surface area contributed by atoms with Crippen LogP contribution in [0.2, 0.25) is 0 Å². The maximum Gasteiger partial charge on any atom is 0.136 e. The third-order valence-corrected chi connectivity index (χ3v) is 8.85. The summed E-state index contributed by atoms with van der Waals surface area (Å²) in [5.74, 6) is 0. The Morgan fingerprint density at radius 3 is 1.63 bits per heavy atom. The van der Waals surface area contributed by atoms with Crippen LogP contribution < -0.4 is 0 Å². The van der Waals surface area contributed by atoms with Crippen molar-refractivity contribution in [3.63, 3.8) is 0 Å². The topological polar surface area (TPSA) is 13.1 Å². The summed E-state index contributed by atoms with van der Waals surface area (Å²) < 4.78 is 160. The monoisotopic (exact) mass is 639 g/mol. The Morgan fingerprint density at radius 2 is 0.939 bits per heavy atom. The Labute approximate surface area is 308 Å². The zero-order valence-electron chi connectivity index (χ0n) is 42.4. The highest BCUT2D eigenvalue weighted by molar-refractivity contribution is 6.21. The second-order valence-electron chi connectivity index (χ2n) is 11.6. The molecule has 0 spiro atoms. The van der Waals surface area contributed by atoms with Crippen molar-refractivity contribution in [2.75, 3.05) is 0 Å². The quantitative estimate of drug-likeness (QED) is 0.175. The molecule has 10 rings (SSSR count). The van der Waals surface area contributed by atoms with Crippen molar-refractivity contribution in [1.82, 2.24) is 0 Å². The van der Waals surface area contributed by atoms with Crippen molar-refractivity contribution in [3.05, 3.63) is 182 Å². The normalized spacial score (nSPS) is 16.5. The first-order valence-electron chi connectivity index (χ1n) is 24.0. The van der Waals surface area contributed by atoms with Gasteiger partial charge in [0.05, 0.1) is 23.3 Å². The average molecular weight is 640 g/mol. The van der Waals surface area contributed by atoms with Gasteiger partial charge in [-0.15, -0.1) is 0 Å². The smallest absolute Gasteiger partial charge is 0.136 e. The van der Waals surface area contributed by atoms with Crippen molar-refractivity contribution in [3.8, 4) is 44.5 Å². The first-order valence-corrected chi connectivity index (χ1v) is 15.5. The van der Waals surface area contributed by atoms with Gasteiger partial charge in [0.25, 0.3) is 0 Å². The molecule has 9 aromatic carbocycles. The summed E-state index contributed by atoms with van der Waals surface area (Å²) in [7, 11) is 0. The van der Waals surface area contributed by atoms with Crippen molar-refractivity contribution in [2.24, 2.45) is 0 Å². The second-order valence-corrected chi connectivity index (χ2v) is 11.6. The highest BCUT2D eigenvalue weighted by Gasteiger charge is 2.18. The van der Waals surface area contributed by atoms with E-state index in [0.29, 0.717) is 21.9 Å². The third kappa shape index (κ3) is 4.47. The van der Waals surface area contributed by atoms with Crippen molar-refractivity contribution in [2.45, 2.75) is 0 Å². The Balaban J connectivity index is 1.33. The van der Waals surface area contributed by atoms with Gasteiger partial charge < -0.3 is 4.42 Å². The van der Waals surface area contributed by atoms with E-state index in [2.05, 4.69) is 6.07 Å². The molecule has 0 bridgehead atoms. The molecule has 0 saturated carbocycles. The molecule has 228 valence electrons. The first kappa shape index (κ1) is 15.6. The van der Waals surface area contributed by atoms with Gasteiger partial charge in [-0.1, -0.05) is 157 Å². The van der Waals surface area contributed by atoms with Gasteiger partial charge >= 0.3 is 0 Å². The van der Waals surface area contributed by atoms with Crippen LogP contribution in [-0.4, -0.2) is 0 Å². The number of rotatable bonds is 4. The minimum Gasteiger partial charge on any atom is -0.456 e. The molecule has 49 heavy (non-hydrogen) atoms. The predicted molar refractivity (Wildman–Crippen MR) is 208 cm³/mol. The molecule has 0 aliphatic rings. The van der Waals surface area contributed by atoms with Gasteiger partial charge in [0.2, 0.25) is 0 Å². The summed E-state index contributed by atoms with van der Waals surface area (Å²) in [5, 5.41) is 1.14. The number of furan rings is 1. The van der Waals surface area contributed by atoms with Gasteiger partial charge in [-0.3, -0.25) is 0 Å². The van der Waals surface area contributed by atoms with Gasteiger partial charge in [-0.05, 0) is 101 Å². The van der Waals surface area contributed by atoms with E-state index in [1.165, 1.54) is 0 Å². The molecular weight excluding hydrogens is 593 g/mol. The lowest BCUT2D eigenvalue weighted by molar-refractivity contribution is 0.669. The van der Waals surface area contributed by atoms with E-state index in [0.717, 1.165) is 21.9 Å². The Kier molecular flexibility index (Phi) is 3.54. The van der Waals surface area contributed by atoms with Gasteiger partial charge in [-0.25, -0.2) is 0 Å². The Hall–Kier alpha value is -6.44. The van der Waals surface area contributed by atoms with Crippen LogP contribution in [0, 0.1) is 0 Å². The predicted octanol–water partition coefficient (Wildman–Crippen LogP) is 13.7. The van der Waals surface area contributed by atoms with Crippen LogP contribution in [0.25, 0.3) is 98.8 Å². The molecule has 0 aliphatic carbocycles. The standard InChI is InChI=1S/C48H30O/c1-2-12-33(13-3-1)46-39-15-6-8-17-41(39)47(42-18-9-7-16-40(42)46)34-24-22-32(23-25-34)38-19-10-20-45-48(38)43-30-37(27-28-44(43)49-45)36-26-21-31-11-4-5-14-35(31)29-36/h1-30H/i1D,2D,3D,6D,7D,8D,9D,12D,13D,15D,16D,17D,18D,22D,23D,24D,25D. The van der Waals surface area contributed by atoms with Crippen LogP contribution in [0.3, 0.4) is 0 Å². The molecule has 0 aliphatic heterocycles. The first-order chi connectivity index (χ1) is 31.4. The van der Waals surface area contributed by atoms with Crippen LogP contribution in [0.1, 0.15) is 23.3 Å². The average Bonchev–Trinajstić information content (AvgIpc) is 3.70. The lowest BCUT2D eigenvalue weighted by Gasteiger charge is -2.18. The van der Waals surface area contributed by atoms with Gasteiger partial charge in [0.1, 0.15) is 11.2 Å². The maximum atomic E-state index is 9.63. The molecule has 0 amide bonds. The SMILES string of the molecule is [2H]c1c([2H])c([2H])c(-c2c3c([2H])c([2H])c([2H])c([2H])c3c(-c3c([2H])c([2H])c(-c4cccc5oc6ccc(-c7ccc8ccccc8c7)cc6c45)c([2H])c3[2H])c3c([2H])c([2H])c([2H])c([2H])c23)c([2H])c1[2H]. The van der Waals surface area contributed by atoms with Gasteiger partial charge in [-0.2, -0.15) is 0 Å². The van der Waals surface area contributed by atoms with Crippen molar-refractivity contribution < 1.29 is 27.7 Å². The fourth-order valence-electron chi connectivity index (χ4n) is 6.66. The largest absolute Gasteiger partial charge is 0.456 e. The minimum atomic E-state index is -0.827. The third-order valence-electron chi connectivity index (χ3n) is 8.85. The Bertz CT molecular complexity index is 3720. The summed E-state index contributed by atoms with van der Waals surface area (Å²) >= 11 is 0. The molecule has 0 unspecified atom stereocenters. The molecule has 1 nitrogen and oxygen atoms in total. The fraction of sp³-hybridized carbons (Fsp3) is 0. The van der Waals surface area contributed by atoms with Crippen LogP contribution >= 0.6 is 0 Å². The summed E-state index contributed by atoms with van der Waals surface area (Å²) in [5.41, 5.74) is 0.599. The summed E-state index contributed by atoms with van der Waals surface area (Å²) in [6.07, 6.45) is 0. The van der Waals surface area contributed by atoms with E-state index in [4.69, 9.17) is 16.8 Å². The van der Waals surface area contributed by atoms with Crippen molar-refractivity contribution >= 4 is 54.3 Å². The van der Waals surface area contributed by atoms with E-state index in [1.807, 2.05) is 54.6 Å². The number of fused-ring (bicyclic) bond motifs is 6. The van der Waals surface area contributed by atoms with Crippen LogP contribution in [-0.2, 0) is 0 Å². The molecular formula is C48H30O. The molecule has 1 aromatic heterocycles. The molecule has 1 heterocycles. The molecule has 0 atom stereocenters. The number of hydrogen-bond acceptors (Lipinski definition) is 1. The summed E-state index contributed by atoms with van der Waals surface area (Å²) in [6.45, 7) is 0. The zero-order chi connectivity index (χ0) is 47.1. The second kappa shape index (κ2) is 11.1. The van der Waals surface area contributed by atoms with Crippen molar-refractivity contribution in [1.29, 1.82) is 0 Å². The maximum absolute atomic E-state index is 9.63. The molecule has 1 heteroatoms. The van der Waals surface area contributed by atoms with Gasteiger partial charge in [0.15, 0.2) is 0 Å². The highest BCUT2D eigenvalue weighted by atomic mass is 16.3. The van der Waals surface area contributed by atoms with Crippen LogP contribution in [0.5, 0.6) is 0 Å². The number of benzene rings is 9. The molecule has 10 aromatic rings. The number of hydrogen-bond donors (Lipinski definition) is 0. The van der Waals surface area contributed by atoms with E-state index in [-0.39, 0.29) is 11.1 Å². The fourth-order valence-corrected chi connectivity index (χ4v) is 6.66. The van der Waals surface area contributed by atoms with E-state index in [1.54, 1.807) is 18.2 Å². The van der Waals surface area contributed by atoms with Gasteiger partial charge in [0, 0.05) is 10.8 Å². The molecule has 0 radical (unpaired) electrons. The molecule has 0 saturated heterocycles.